The topological polar surface area (TPSA) is 26.0 Å². The molecule has 0 saturated heterocycles. The van der Waals surface area contributed by atoms with Crippen LogP contribution in [0.4, 0.5) is 0 Å². The van der Waals surface area contributed by atoms with Gasteiger partial charge in [-0.25, -0.2) is 0 Å². The van der Waals surface area contributed by atoms with E-state index in [1.165, 1.54) is 36.8 Å². The van der Waals surface area contributed by atoms with E-state index in [9.17, 15) is 0 Å². The fourth-order valence-corrected chi connectivity index (χ4v) is 4.32. The van der Waals surface area contributed by atoms with E-state index in [-0.39, 0.29) is 11.5 Å². The second-order valence-electron chi connectivity index (χ2n) is 8.85. The summed E-state index contributed by atoms with van der Waals surface area (Å²) < 4.78 is 0. The highest BCUT2D eigenvalue weighted by atomic mass is 14.6. The van der Waals surface area contributed by atoms with Gasteiger partial charge in [-0.05, 0) is 71.1 Å². The molecule has 2 aliphatic carbocycles. The zero-order chi connectivity index (χ0) is 15.4. The zero-order valence-corrected chi connectivity index (χ0v) is 14.4. The lowest BCUT2D eigenvalue weighted by Crippen LogP contribution is -2.34. The predicted molar refractivity (Wildman–Crippen MR) is 90.8 cm³/mol. The summed E-state index contributed by atoms with van der Waals surface area (Å²) in [4.78, 5) is 0. The maximum atomic E-state index is 6.53. The molecule has 0 fully saturated rings. The van der Waals surface area contributed by atoms with E-state index in [0.29, 0.717) is 5.41 Å². The van der Waals surface area contributed by atoms with E-state index < -0.39 is 0 Å². The molecule has 2 N–H and O–H groups in total. The Morgan fingerprint density at radius 3 is 2.19 bits per heavy atom. The highest BCUT2D eigenvalue weighted by Crippen LogP contribution is 2.47. The minimum Gasteiger partial charge on any atom is -0.324 e. The van der Waals surface area contributed by atoms with Gasteiger partial charge in [0.15, 0.2) is 0 Å². The highest BCUT2D eigenvalue weighted by molar-refractivity contribution is 5.48. The molecule has 0 bridgehead atoms. The van der Waals surface area contributed by atoms with Crippen LogP contribution in [0.2, 0.25) is 0 Å². The average molecular weight is 285 g/mol. The number of hydrogen-bond acceptors (Lipinski definition) is 1. The number of rotatable bonds is 0. The van der Waals surface area contributed by atoms with Crippen molar-refractivity contribution in [3.8, 4) is 0 Å². The number of aryl methyl sites for hydroxylation is 1. The molecule has 2 unspecified atom stereocenters. The SMILES string of the molecule is CC1CCc2cc3c(cc2C(N)C1)C(C)(C)CCC3(C)C. The third-order valence-electron chi connectivity index (χ3n) is 6.07. The largest absolute Gasteiger partial charge is 0.324 e. The van der Waals surface area contributed by atoms with Crippen molar-refractivity contribution >= 4 is 0 Å². The molecular weight excluding hydrogens is 254 g/mol. The predicted octanol–water partition coefficient (Wildman–Crippen LogP) is 5.01. The first-order valence-electron chi connectivity index (χ1n) is 8.64. The van der Waals surface area contributed by atoms with Gasteiger partial charge in [-0.15, -0.1) is 0 Å². The molecule has 21 heavy (non-hydrogen) atoms. The smallest absolute Gasteiger partial charge is 0.0300 e. The van der Waals surface area contributed by atoms with Crippen LogP contribution < -0.4 is 5.73 Å². The van der Waals surface area contributed by atoms with Crippen molar-refractivity contribution in [3.05, 3.63) is 34.4 Å². The Balaban J connectivity index is 2.18. The van der Waals surface area contributed by atoms with Crippen LogP contribution >= 0.6 is 0 Å². The van der Waals surface area contributed by atoms with Crippen LogP contribution in [0.5, 0.6) is 0 Å². The highest BCUT2D eigenvalue weighted by Gasteiger charge is 2.38. The van der Waals surface area contributed by atoms with Crippen molar-refractivity contribution < 1.29 is 0 Å². The summed E-state index contributed by atoms with van der Waals surface area (Å²) in [6.45, 7) is 12.0. The van der Waals surface area contributed by atoms with Gasteiger partial charge in [-0.1, -0.05) is 46.8 Å². The molecule has 0 aromatic heterocycles. The molecule has 3 rings (SSSR count). The number of fused-ring (bicyclic) bond motifs is 2. The second kappa shape index (κ2) is 4.84. The Hall–Kier alpha value is -0.820. The van der Waals surface area contributed by atoms with E-state index in [1.54, 1.807) is 11.1 Å². The molecule has 0 heterocycles. The molecule has 2 aliphatic rings. The molecule has 1 nitrogen and oxygen atoms in total. The maximum Gasteiger partial charge on any atom is 0.0300 e. The third kappa shape index (κ3) is 2.54. The van der Waals surface area contributed by atoms with Crippen molar-refractivity contribution in [2.75, 3.05) is 0 Å². The van der Waals surface area contributed by atoms with Crippen molar-refractivity contribution in [2.24, 2.45) is 11.7 Å². The normalized spacial score (nSPS) is 30.2. The molecule has 1 aromatic carbocycles. The average Bonchev–Trinajstić information content (AvgIpc) is 2.54. The lowest BCUT2D eigenvalue weighted by atomic mass is 9.62. The van der Waals surface area contributed by atoms with Crippen molar-refractivity contribution in [1.29, 1.82) is 0 Å². The molecule has 0 radical (unpaired) electrons. The monoisotopic (exact) mass is 285 g/mol. The number of nitrogens with two attached hydrogens (primary N) is 1. The van der Waals surface area contributed by atoms with Crippen LogP contribution in [0.25, 0.3) is 0 Å². The fraction of sp³-hybridized carbons (Fsp3) is 0.700. The summed E-state index contributed by atoms with van der Waals surface area (Å²) in [7, 11) is 0. The van der Waals surface area contributed by atoms with Crippen LogP contribution in [-0.2, 0) is 17.3 Å². The van der Waals surface area contributed by atoms with Crippen LogP contribution in [0.3, 0.4) is 0 Å². The first kappa shape index (κ1) is 15.1. The lowest BCUT2D eigenvalue weighted by molar-refractivity contribution is 0.331. The van der Waals surface area contributed by atoms with E-state index in [2.05, 4.69) is 46.8 Å². The van der Waals surface area contributed by atoms with E-state index in [4.69, 9.17) is 5.73 Å². The third-order valence-corrected chi connectivity index (χ3v) is 6.07. The van der Waals surface area contributed by atoms with Crippen LogP contribution in [0.1, 0.15) is 88.6 Å². The minimum absolute atomic E-state index is 0.226. The van der Waals surface area contributed by atoms with Gasteiger partial charge < -0.3 is 5.73 Å². The van der Waals surface area contributed by atoms with Crippen molar-refractivity contribution in [2.45, 2.75) is 83.6 Å². The second-order valence-corrected chi connectivity index (χ2v) is 8.85. The summed E-state index contributed by atoms with van der Waals surface area (Å²) in [5.74, 6) is 0.741. The Labute approximate surface area is 130 Å². The van der Waals surface area contributed by atoms with Gasteiger partial charge in [-0.3, -0.25) is 0 Å². The first-order valence-corrected chi connectivity index (χ1v) is 8.64. The quantitative estimate of drug-likeness (QED) is 0.666. The molecule has 0 saturated carbocycles. The molecule has 116 valence electrons. The molecular formula is C20H31N. The Morgan fingerprint density at radius 1 is 1.00 bits per heavy atom. The van der Waals surface area contributed by atoms with Crippen LogP contribution in [0.15, 0.2) is 12.1 Å². The van der Waals surface area contributed by atoms with Gasteiger partial charge in [0.05, 0.1) is 0 Å². The summed E-state index contributed by atoms with van der Waals surface area (Å²) in [5.41, 5.74) is 13.2. The minimum atomic E-state index is 0.226. The summed E-state index contributed by atoms with van der Waals surface area (Å²) in [5, 5.41) is 0. The standard InChI is InChI=1S/C20H31N/c1-13-6-7-14-11-16-17(12-15(14)18(21)10-13)20(4,5)9-8-19(16,2)3/h11-13,18H,6-10,21H2,1-5H3. The maximum absolute atomic E-state index is 6.53. The van der Waals surface area contributed by atoms with Crippen LogP contribution in [-0.4, -0.2) is 0 Å². The molecule has 1 aromatic rings. The molecule has 0 amide bonds. The number of benzene rings is 1. The van der Waals surface area contributed by atoms with Crippen LogP contribution in [0, 0.1) is 5.92 Å². The number of hydrogen-bond donors (Lipinski definition) is 1. The van der Waals surface area contributed by atoms with Gasteiger partial charge in [0.1, 0.15) is 0 Å². The zero-order valence-electron chi connectivity index (χ0n) is 14.4. The molecule has 1 heteroatoms. The molecule has 0 spiro atoms. The van der Waals surface area contributed by atoms with E-state index in [0.717, 1.165) is 12.3 Å². The van der Waals surface area contributed by atoms with Crippen molar-refractivity contribution in [1.82, 2.24) is 0 Å². The Morgan fingerprint density at radius 2 is 1.57 bits per heavy atom. The van der Waals surface area contributed by atoms with E-state index >= 15 is 0 Å². The summed E-state index contributed by atoms with van der Waals surface area (Å²) in [6, 6.07) is 5.22. The van der Waals surface area contributed by atoms with Gasteiger partial charge in [-0.2, -0.15) is 0 Å². The Kier molecular flexibility index (Phi) is 3.48. The van der Waals surface area contributed by atoms with Gasteiger partial charge >= 0.3 is 0 Å². The molecule has 0 aliphatic heterocycles. The fourth-order valence-electron chi connectivity index (χ4n) is 4.32. The Bertz CT molecular complexity index is 553. The van der Waals surface area contributed by atoms with Crippen molar-refractivity contribution in [3.63, 3.8) is 0 Å². The lowest BCUT2D eigenvalue weighted by Gasteiger charge is -2.42. The summed E-state index contributed by atoms with van der Waals surface area (Å²) >= 11 is 0. The molecule has 2 atom stereocenters. The summed E-state index contributed by atoms with van der Waals surface area (Å²) in [6.07, 6.45) is 6.18. The first-order chi connectivity index (χ1) is 9.71. The van der Waals surface area contributed by atoms with E-state index in [1.807, 2.05) is 0 Å². The van der Waals surface area contributed by atoms with Gasteiger partial charge in [0, 0.05) is 6.04 Å². The van der Waals surface area contributed by atoms with Gasteiger partial charge in [0.25, 0.3) is 0 Å². The van der Waals surface area contributed by atoms with Gasteiger partial charge in [0.2, 0.25) is 0 Å².